The van der Waals surface area contributed by atoms with Gasteiger partial charge in [-0.3, -0.25) is 14.4 Å². The first-order valence-corrected chi connectivity index (χ1v) is 10.5. The lowest BCUT2D eigenvalue weighted by Crippen LogP contribution is -2.52. The molecule has 0 spiro atoms. The van der Waals surface area contributed by atoms with E-state index in [1.54, 1.807) is 24.3 Å². The predicted molar refractivity (Wildman–Crippen MR) is 119 cm³/mol. The minimum atomic E-state index is -0.559. The summed E-state index contributed by atoms with van der Waals surface area (Å²) in [4.78, 5) is 37.7. The summed E-state index contributed by atoms with van der Waals surface area (Å²) in [5.41, 5.74) is 2.33. The number of rotatable bonds is 6. The molecule has 162 valence electrons. The summed E-state index contributed by atoms with van der Waals surface area (Å²) >= 11 is 0. The molecule has 2 atom stereocenters. The molecular weight excluding hydrogens is 404 g/mol. The van der Waals surface area contributed by atoms with Gasteiger partial charge in [-0.1, -0.05) is 60.7 Å². The molecule has 0 amide bonds. The molecule has 1 saturated carbocycles. The third-order valence-electron chi connectivity index (χ3n) is 6.14. The van der Waals surface area contributed by atoms with Gasteiger partial charge in [0.1, 0.15) is 5.75 Å². The second-order valence-corrected chi connectivity index (χ2v) is 7.95. The fraction of sp³-hybridized carbons (Fsp3) is 0.222. The highest BCUT2D eigenvalue weighted by Crippen LogP contribution is 2.58. The van der Waals surface area contributed by atoms with E-state index in [2.05, 4.69) is 0 Å². The molecule has 4 rings (SSSR count). The van der Waals surface area contributed by atoms with Crippen molar-refractivity contribution in [2.24, 2.45) is 11.8 Å². The number of ketones is 1. The third-order valence-corrected chi connectivity index (χ3v) is 6.14. The SMILES string of the molecule is COC(=O)C1C(c2ccccc2)C(C(=O)Oc2ccc(C(C)=O)cc2)C1c1ccccc1. The van der Waals surface area contributed by atoms with Crippen LogP contribution < -0.4 is 4.74 Å². The van der Waals surface area contributed by atoms with Crippen LogP contribution >= 0.6 is 0 Å². The highest BCUT2D eigenvalue weighted by molar-refractivity contribution is 5.94. The van der Waals surface area contributed by atoms with Crippen LogP contribution in [0.2, 0.25) is 0 Å². The van der Waals surface area contributed by atoms with Crippen molar-refractivity contribution in [1.82, 2.24) is 0 Å². The molecule has 0 heterocycles. The van der Waals surface area contributed by atoms with Crippen LogP contribution in [0, 0.1) is 11.8 Å². The Labute approximate surface area is 187 Å². The Morgan fingerprint density at radius 2 is 1.12 bits per heavy atom. The smallest absolute Gasteiger partial charge is 0.315 e. The van der Waals surface area contributed by atoms with Crippen LogP contribution in [-0.2, 0) is 14.3 Å². The monoisotopic (exact) mass is 428 g/mol. The predicted octanol–water partition coefficient (Wildman–Crippen LogP) is 4.78. The number of Topliss-reactive ketones (excluding diaryl/α,β-unsaturated/α-hetero) is 1. The van der Waals surface area contributed by atoms with Crippen LogP contribution in [0.3, 0.4) is 0 Å². The summed E-state index contributed by atoms with van der Waals surface area (Å²) in [6.07, 6.45) is 0. The van der Waals surface area contributed by atoms with Crippen LogP contribution in [0.15, 0.2) is 84.9 Å². The fourth-order valence-corrected chi connectivity index (χ4v) is 4.59. The van der Waals surface area contributed by atoms with Crippen molar-refractivity contribution in [3.05, 3.63) is 102 Å². The molecule has 32 heavy (non-hydrogen) atoms. The van der Waals surface area contributed by atoms with Gasteiger partial charge in [-0.25, -0.2) is 0 Å². The normalized spacial score (nSPS) is 21.8. The van der Waals surface area contributed by atoms with E-state index in [-0.39, 0.29) is 23.6 Å². The van der Waals surface area contributed by atoms with Crippen molar-refractivity contribution in [3.8, 4) is 5.75 Å². The fourth-order valence-electron chi connectivity index (χ4n) is 4.59. The van der Waals surface area contributed by atoms with E-state index in [4.69, 9.17) is 9.47 Å². The van der Waals surface area contributed by atoms with Gasteiger partial charge < -0.3 is 9.47 Å². The number of esters is 2. The topological polar surface area (TPSA) is 69.7 Å². The van der Waals surface area contributed by atoms with Crippen LogP contribution in [0.5, 0.6) is 5.75 Å². The molecule has 0 bridgehead atoms. The first-order chi connectivity index (χ1) is 15.5. The Morgan fingerprint density at radius 1 is 0.656 bits per heavy atom. The summed E-state index contributed by atoms with van der Waals surface area (Å²) in [6, 6.07) is 25.5. The van der Waals surface area contributed by atoms with Gasteiger partial charge in [0, 0.05) is 17.4 Å². The van der Waals surface area contributed by atoms with Crippen molar-refractivity contribution in [1.29, 1.82) is 0 Å². The summed E-state index contributed by atoms with van der Waals surface area (Å²) in [6.45, 7) is 1.48. The molecule has 1 aliphatic carbocycles. The second kappa shape index (κ2) is 9.18. The van der Waals surface area contributed by atoms with Crippen LogP contribution in [0.25, 0.3) is 0 Å². The average Bonchev–Trinajstić information content (AvgIpc) is 2.80. The highest BCUT2D eigenvalue weighted by atomic mass is 16.5. The summed E-state index contributed by atoms with van der Waals surface area (Å²) in [7, 11) is 1.37. The quantitative estimate of drug-likeness (QED) is 0.321. The third kappa shape index (κ3) is 4.06. The number of carbonyl (C=O) groups excluding carboxylic acids is 3. The summed E-state index contributed by atoms with van der Waals surface area (Å²) < 4.78 is 10.8. The van der Waals surface area contributed by atoms with Crippen LogP contribution in [0.1, 0.15) is 40.2 Å². The van der Waals surface area contributed by atoms with Gasteiger partial charge in [-0.2, -0.15) is 0 Å². The summed E-state index contributed by atoms with van der Waals surface area (Å²) in [5, 5.41) is 0. The molecule has 1 aliphatic rings. The lowest BCUT2D eigenvalue weighted by atomic mass is 9.52. The Balaban J connectivity index is 1.70. The van der Waals surface area contributed by atoms with E-state index in [0.717, 1.165) is 11.1 Å². The largest absolute Gasteiger partial charge is 0.469 e. The van der Waals surface area contributed by atoms with E-state index in [9.17, 15) is 14.4 Å². The van der Waals surface area contributed by atoms with Crippen LogP contribution in [-0.4, -0.2) is 24.8 Å². The van der Waals surface area contributed by atoms with Crippen LogP contribution in [0.4, 0.5) is 0 Å². The maximum Gasteiger partial charge on any atom is 0.315 e. The van der Waals surface area contributed by atoms with Gasteiger partial charge in [0.15, 0.2) is 5.78 Å². The van der Waals surface area contributed by atoms with Gasteiger partial charge in [-0.15, -0.1) is 0 Å². The van der Waals surface area contributed by atoms with Gasteiger partial charge in [0.05, 0.1) is 18.9 Å². The van der Waals surface area contributed by atoms with Crippen molar-refractivity contribution < 1.29 is 23.9 Å². The molecular formula is C27H24O5. The minimum absolute atomic E-state index is 0.0592. The molecule has 0 aromatic heterocycles. The zero-order valence-corrected chi connectivity index (χ0v) is 17.9. The van der Waals surface area contributed by atoms with Crippen molar-refractivity contribution >= 4 is 17.7 Å². The summed E-state index contributed by atoms with van der Waals surface area (Å²) in [5.74, 6) is -2.24. The Kier molecular flexibility index (Phi) is 6.17. The molecule has 1 fully saturated rings. The molecule has 2 unspecified atom stereocenters. The van der Waals surface area contributed by atoms with Crippen molar-refractivity contribution in [3.63, 3.8) is 0 Å². The second-order valence-electron chi connectivity index (χ2n) is 7.95. The molecule has 0 saturated heterocycles. The van der Waals surface area contributed by atoms with E-state index in [1.807, 2.05) is 60.7 Å². The van der Waals surface area contributed by atoms with E-state index in [1.165, 1.54) is 14.0 Å². The number of ether oxygens (including phenoxy) is 2. The molecule has 5 nitrogen and oxygen atoms in total. The first-order valence-electron chi connectivity index (χ1n) is 10.5. The number of methoxy groups -OCH3 is 1. The Bertz CT molecular complexity index is 1060. The molecule has 0 radical (unpaired) electrons. The Morgan fingerprint density at radius 3 is 1.56 bits per heavy atom. The number of hydrogen-bond acceptors (Lipinski definition) is 5. The van der Waals surface area contributed by atoms with Gasteiger partial charge in [0.25, 0.3) is 0 Å². The van der Waals surface area contributed by atoms with Gasteiger partial charge >= 0.3 is 11.9 Å². The zero-order chi connectivity index (χ0) is 22.7. The molecule has 3 aromatic carbocycles. The number of hydrogen-bond donors (Lipinski definition) is 0. The molecule has 5 heteroatoms. The number of carbonyl (C=O) groups is 3. The lowest BCUT2D eigenvalue weighted by molar-refractivity contribution is -0.160. The van der Waals surface area contributed by atoms with E-state index < -0.39 is 17.8 Å². The molecule has 0 N–H and O–H groups in total. The maximum absolute atomic E-state index is 13.4. The Hall–Kier alpha value is -3.73. The van der Waals surface area contributed by atoms with Gasteiger partial charge in [-0.05, 0) is 42.3 Å². The minimum Gasteiger partial charge on any atom is -0.469 e. The molecule has 0 aliphatic heterocycles. The van der Waals surface area contributed by atoms with Crippen molar-refractivity contribution in [2.75, 3.05) is 7.11 Å². The molecule has 3 aromatic rings. The van der Waals surface area contributed by atoms with Gasteiger partial charge in [0.2, 0.25) is 0 Å². The van der Waals surface area contributed by atoms with E-state index in [0.29, 0.717) is 11.3 Å². The standard InChI is InChI=1S/C27H24O5/c1-17(28)18-13-15-21(16-14-18)32-27(30)25-22(19-9-5-3-6-10-19)24(26(29)31-2)23(25)20-11-7-4-8-12-20/h3-16,22-25H,1-2H3. The maximum atomic E-state index is 13.4. The van der Waals surface area contributed by atoms with Crippen molar-refractivity contribution in [2.45, 2.75) is 18.8 Å². The number of benzene rings is 3. The zero-order valence-electron chi connectivity index (χ0n) is 17.9. The lowest BCUT2D eigenvalue weighted by Gasteiger charge is -2.49. The first kappa shape index (κ1) is 21.5. The van der Waals surface area contributed by atoms with E-state index >= 15 is 0 Å². The highest BCUT2D eigenvalue weighted by Gasteiger charge is 2.59. The average molecular weight is 428 g/mol.